The molecular formula is C11H14F3NO5S. The van der Waals surface area contributed by atoms with Crippen molar-refractivity contribution in [1.82, 2.24) is 4.72 Å². The summed E-state index contributed by atoms with van der Waals surface area (Å²) in [6.07, 6.45) is -4.93. The minimum Gasteiger partial charge on any atom is -0.406 e. The number of alkyl halides is 3. The van der Waals surface area contributed by atoms with E-state index < -0.39 is 45.8 Å². The third-order valence-electron chi connectivity index (χ3n) is 2.33. The van der Waals surface area contributed by atoms with Crippen LogP contribution in [0.1, 0.15) is 6.92 Å². The van der Waals surface area contributed by atoms with Gasteiger partial charge in [-0.25, -0.2) is 13.1 Å². The highest BCUT2D eigenvalue weighted by molar-refractivity contribution is 7.89. The Morgan fingerprint density at radius 2 is 1.95 bits per heavy atom. The molecule has 1 rings (SSSR count). The number of rotatable bonds is 6. The number of nitrogens with one attached hydrogen (secondary N) is 1. The maximum atomic E-state index is 12.1. The molecule has 6 nitrogen and oxygen atoms in total. The number of ether oxygens (including phenoxy) is 1. The standard InChI is InChI=1S/C11H14F3NO5S/c1-10(17,7-16)6-15-21(18,19)9-4-2-3-8(5-9)20-11(12,13)14/h2-5,15-17H,6-7H2,1H3. The molecule has 21 heavy (non-hydrogen) atoms. The smallest absolute Gasteiger partial charge is 0.406 e. The van der Waals surface area contributed by atoms with Gasteiger partial charge >= 0.3 is 6.36 Å². The Labute approximate surface area is 119 Å². The van der Waals surface area contributed by atoms with Crippen LogP contribution in [0.5, 0.6) is 5.75 Å². The molecule has 0 spiro atoms. The molecule has 1 aromatic rings. The third kappa shape index (κ3) is 5.87. The van der Waals surface area contributed by atoms with Crippen LogP contribution in [0.3, 0.4) is 0 Å². The molecule has 0 bridgehead atoms. The maximum absolute atomic E-state index is 12.1. The predicted octanol–water partition coefficient (Wildman–Crippen LogP) is 0.607. The second kappa shape index (κ2) is 6.18. The highest BCUT2D eigenvalue weighted by Crippen LogP contribution is 2.24. The van der Waals surface area contributed by atoms with Crippen LogP contribution in [-0.2, 0) is 10.0 Å². The normalized spacial score (nSPS) is 15.5. The van der Waals surface area contributed by atoms with Crippen molar-refractivity contribution >= 4 is 10.0 Å². The molecule has 1 aromatic carbocycles. The second-order valence-corrected chi connectivity index (χ2v) is 6.27. The molecule has 0 aromatic heterocycles. The highest BCUT2D eigenvalue weighted by atomic mass is 32.2. The first-order valence-corrected chi connectivity index (χ1v) is 7.12. The van der Waals surface area contributed by atoms with Crippen LogP contribution >= 0.6 is 0 Å². The molecule has 120 valence electrons. The fourth-order valence-corrected chi connectivity index (χ4v) is 2.42. The first kappa shape index (κ1) is 17.7. The van der Waals surface area contributed by atoms with Gasteiger partial charge in [0.05, 0.1) is 17.1 Å². The largest absolute Gasteiger partial charge is 0.573 e. The van der Waals surface area contributed by atoms with Gasteiger partial charge in [0.25, 0.3) is 0 Å². The fraction of sp³-hybridized carbons (Fsp3) is 0.455. The van der Waals surface area contributed by atoms with Gasteiger partial charge in [0.1, 0.15) is 5.75 Å². The minimum absolute atomic E-state index is 0.460. The average Bonchev–Trinajstić information content (AvgIpc) is 2.35. The van der Waals surface area contributed by atoms with Gasteiger partial charge in [0.2, 0.25) is 10.0 Å². The topological polar surface area (TPSA) is 95.9 Å². The van der Waals surface area contributed by atoms with Gasteiger partial charge in [-0.15, -0.1) is 13.2 Å². The van der Waals surface area contributed by atoms with Crippen LogP contribution in [-0.4, -0.2) is 43.7 Å². The number of benzene rings is 1. The summed E-state index contributed by atoms with van der Waals surface area (Å²) < 4.78 is 65.6. The molecule has 1 atom stereocenters. The minimum atomic E-state index is -4.93. The summed E-state index contributed by atoms with van der Waals surface area (Å²) in [7, 11) is -4.15. The van der Waals surface area contributed by atoms with E-state index in [-0.39, 0.29) is 0 Å². The van der Waals surface area contributed by atoms with Gasteiger partial charge in [-0.05, 0) is 19.1 Å². The Hall–Kier alpha value is -1.36. The summed E-state index contributed by atoms with van der Waals surface area (Å²) in [5, 5.41) is 18.3. The lowest BCUT2D eigenvalue weighted by molar-refractivity contribution is -0.274. The third-order valence-corrected chi connectivity index (χ3v) is 3.73. The van der Waals surface area contributed by atoms with E-state index >= 15 is 0 Å². The van der Waals surface area contributed by atoms with Crippen LogP contribution < -0.4 is 9.46 Å². The first-order chi connectivity index (χ1) is 9.45. The molecule has 3 N–H and O–H groups in total. The molecule has 0 heterocycles. The second-order valence-electron chi connectivity index (χ2n) is 4.50. The first-order valence-electron chi connectivity index (χ1n) is 5.64. The van der Waals surface area contributed by atoms with Gasteiger partial charge < -0.3 is 14.9 Å². The lowest BCUT2D eigenvalue weighted by atomic mass is 10.1. The van der Waals surface area contributed by atoms with Crippen molar-refractivity contribution < 1.29 is 36.5 Å². The summed E-state index contributed by atoms with van der Waals surface area (Å²) in [5.74, 6) is -0.681. The maximum Gasteiger partial charge on any atom is 0.573 e. The molecule has 1 unspecified atom stereocenters. The summed E-state index contributed by atoms with van der Waals surface area (Å²) in [4.78, 5) is -0.460. The molecule has 0 saturated heterocycles. The summed E-state index contributed by atoms with van der Waals surface area (Å²) in [6, 6.07) is 3.80. The predicted molar refractivity (Wildman–Crippen MR) is 66.0 cm³/mol. The Bertz CT molecular complexity index is 586. The van der Waals surface area contributed by atoms with Crippen molar-refractivity contribution in [2.24, 2.45) is 0 Å². The number of halogens is 3. The molecule has 0 aliphatic rings. The van der Waals surface area contributed by atoms with Gasteiger partial charge in [0.15, 0.2) is 0 Å². The molecule has 0 radical (unpaired) electrons. The van der Waals surface area contributed by atoms with Crippen LogP contribution in [0.2, 0.25) is 0 Å². The van der Waals surface area contributed by atoms with E-state index in [1.807, 2.05) is 4.72 Å². The van der Waals surface area contributed by atoms with E-state index in [0.717, 1.165) is 18.2 Å². The van der Waals surface area contributed by atoms with Crippen LogP contribution in [0.15, 0.2) is 29.2 Å². The number of hydrogen-bond acceptors (Lipinski definition) is 5. The average molecular weight is 329 g/mol. The zero-order chi connectivity index (χ0) is 16.3. The molecule has 0 aliphatic carbocycles. The number of hydrogen-bond donors (Lipinski definition) is 3. The van der Waals surface area contributed by atoms with Crippen molar-refractivity contribution in [3.05, 3.63) is 24.3 Å². The van der Waals surface area contributed by atoms with E-state index in [2.05, 4.69) is 4.74 Å². The zero-order valence-corrected chi connectivity index (χ0v) is 11.7. The lowest BCUT2D eigenvalue weighted by Crippen LogP contribution is -2.43. The molecule has 0 amide bonds. The number of aliphatic hydroxyl groups is 2. The Morgan fingerprint density at radius 3 is 2.48 bits per heavy atom. The van der Waals surface area contributed by atoms with E-state index in [1.54, 1.807) is 0 Å². The van der Waals surface area contributed by atoms with E-state index in [1.165, 1.54) is 6.92 Å². The number of aliphatic hydroxyl groups excluding tert-OH is 1. The van der Waals surface area contributed by atoms with Crippen LogP contribution in [0.25, 0.3) is 0 Å². The Morgan fingerprint density at radius 1 is 1.33 bits per heavy atom. The zero-order valence-electron chi connectivity index (χ0n) is 10.9. The highest BCUT2D eigenvalue weighted by Gasteiger charge is 2.31. The van der Waals surface area contributed by atoms with Crippen molar-refractivity contribution in [2.45, 2.75) is 23.8 Å². The molecule has 0 aliphatic heterocycles. The summed E-state index contributed by atoms with van der Waals surface area (Å²) in [5.41, 5.74) is -1.69. The molecule has 0 fully saturated rings. The van der Waals surface area contributed by atoms with Crippen molar-refractivity contribution in [1.29, 1.82) is 0 Å². The van der Waals surface area contributed by atoms with Gasteiger partial charge in [-0.3, -0.25) is 0 Å². The van der Waals surface area contributed by atoms with Crippen molar-refractivity contribution in [2.75, 3.05) is 13.2 Å². The van der Waals surface area contributed by atoms with Crippen molar-refractivity contribution in [3.63, 3.8) is 0 Å². The van der Waals surface area contributed by atoms with E-state index in [4.69, 9.17) is 5.11 Å². The lowest BCUT2D eigenvalue weighted by Gasteiger charge is -2.20. The monoisotopic (exact) mass is 329 g/mol. The summed E-state index contributed by atoms with van der Waals surface area (Å²) in [6.45, 7) is 0.00163. The van der Waals surface area contributed by atoms with Crippen LogP contribution in [0.4, 0.5) is 13.2 Å². The SMILES string of the molecule is CC(O)(CO)CNS(=O)(=O)c1cccc(OC(F)(F)F)c1. The van der Waals surface area contributed by atoms with Crippen molar-refractivity contribution in [3.8, 4) is 5.75 Å². The number of sulfonamides is 1. The molecular weight excluding hydrogens is 315 g/mol. The fourth-order valence-electron chi connectivity index (χ4n) is 1.23. The quantitative estimate of drug-likeness (QED) is 0.710. The van der Waals surface area contributed by atoms with Gasteiger partial charge in [-0.1, -0.05) is 6.07 Å². The van der Waals surface area contributed by atoms with Gasteiger partial charge in [0, 0.05) is 12.6 Å². The molecule has 0 saturated carbocycles. The molecule has 10 heteroatoms. The Kier molecular flexibility index (Phi) is 5.20. The van der Waals surface area contributed by atoms with E-state index in [9.17, 15) is 26.7 Å². The van der Waals surface area contributed by atoms with Gasteiger partial charge in [-0.2, -0.15) is 0 Å². The van der Waals surface area contributed by atoms with E-state index in [0.29, 0.717) is 6.07 Å². The van der Waals surface area contributed by atoms with Crippen LogP contribution in [0, 0.1) is 0 Å². The Balaban J connectivity index is 2.91. The summed E-state index contributed by atoms with van der Waals surface area (Å²) >= 11 is 0.